The minimum Gasteiger partial charge on any atom is -0.365 e. The number of pyridine rings is 1. The van der Waals surface area contributed by atoms with Crippen LogP contribution in [0.3, 0.4) is 0 Å². The van der Waals surface area contributed by atoms with E-state index in [1.54, 1.807) is 17.5 Å². The van der Waals surface area contributed by atoms with E-state index in [2.05, 4.69) is 28.7 Å². The van der Waals surface area contributed by atoms with Crippen LogP contribution in [-0.2, 0) is 6.42 Å². The van der Waals surface area contributed by atoms with E-state index >= 15 is 0 Å². The highest BCUT2D eigenvalue weighted by Crippen LogP contribution is 2.34. The van der Waals surface area contributed by atoms with Crippen LogP contribution in [0.25, 0.3) is 10.6 Å². The molecule has 2 rings (SSSR count). The number of thiazole rings is 1. The van der Waals surface area contributed by atoms with E-state index in [0.29, 0.717) is 0 Å². The van der Waals surface area contributed by atoms with E-state index in [0.717, 1.165) is 34.2 Å². The molecule has 0 aliphatic heterocycles. The molecule has 2 aromatic rings. The zero-order valence-electron chi connectivity index (χ0n) is 10.8. The van der Waals surface area contributed by atoms with Crippen LogP contribution >= 0.6 is 11.3 Å². The molecule has 18 heavy (non-hydrogen) atoms. The highest BCUT2D eigenvalue weighted by atomic mass is 32.1. The predicted octanol–water partition coefficient (Wildman–Crippen LogP) is 3.36. The second kappa shape index (κ2) is 5.44. The second-order valence-electron chi connectivity index (χ2n) is 4.03. The van der Waals surface area contributed by atoms with Crippen molar-refractivity contribution < 1.29 is 4.39 Å². The lowest BCUT2D eigenvalue weighted by Gasteiger charge is -2.14. The molecule has 0 saturated carbocycles. The molecule has 0 atom stereocenters. The van der Waals surface area contributed by atoms with Gasteiger partial charge in [0.2, 0.25) is 0 Å². The number of hydrogen-bond acceptors (Lipinski definition) is 4. The van der Waals surface area contributed by atoms with Crippen LogP contribution in [0.15, 0.2) is 18.5 Å². The zero-order valence-corrected chi connectivity index (χ0v) is 11.6. The largest absolute Gasteiger partial charge is 0.365 e. The fraction of sp³-hybridized carbons (Fsp3) is 0.385. The van der Waals surface area contributed by atoms with Gasteiger partial charge in [-0.05, 0) is 19.4 Å². The van der Waals surface area contributed by atoms with Crippen LogP contribution in [0.2, 0.25) is 0 Å². The molecule has 0 aromatic carbocycles. The fourth-order valence-corrected chi connectivity index (χ4v) is 2.83. The van der Waals surface area contributed by atoms with E-state index < -0.39 is 0 Å². The molecule has 0 bridgehead atoms. The molecule has 2 aromatic heterocycles. The summed E-state index contributed by atoms with van der Waals surface area (Å²) in [4.78, 5) is 10.6. The molecule has 0 amide bonds. The molecule has 0 spiro atoms. The van der Waals surface area contributed by atoms with Gasteiger partial charge in [-0.2, -0.15) is 0 Å². The van der Waals surface area contributed by atoms with Gasteiger partial charge in [0.25, 0.3) is 0 Å². The normalized spacial score (nSPS) is 10.7. The summed E-state index contributed by atoms with van der Waals surface area (Å²) >= 11 is 1.59. The molecule has 0 fully saturated rings. The molecule has 3 nitrogen and oxygen atoms in total. The maximum absolute atomic E-state index is 13.2. The van der Waals surface area contributed by atoms with E-state index in [1.807, 2.05) is 7.05 Å². The van der Waals surface area contributed by atoms with Gasteiger partial charge >= 0.3 is 0 Å². The Kier molecular flexibility index (Phi) is 3.91. The number of aryl methyl sites for hydroxylation is 1. The molecule has 2 heterocycles. The summed E-state index contributed by atoms with van der Waals surface area (Å²) in [5.74, 6) is -0.328. The molecular weight excluding hydrogens is 249 g/mol. The smallest absolute Gasteiger partial charge is 0.142 e. The molecule has 0 unspecified atom stereocenters. The second-order valence-corrected chi connectivity index (χ2v) is 5.01. The van der Waals surface area contributed by atoms with E-state index in [4.69, 9.17) is 0 Å². The summed E-state index contributed by atoms with van der Waals surface area (Å²) in [6.07, 6.45) is 3.73. The number of hydrogen-bond donors (Lipinski definition) is 0. The van der Waals surface area contributed by atoms with Crippen molar-refractivity contribution >= 4 is 16.3 Å². The van der Waals surface area contributed by atoms with Crippen LogP contribution in [0, 0.1) is 5.82 Å². The number of anilines is 1. The Labute approximate surface area is 110 Å². The first-order chi connectivity index (χ1) is 8.65. The van der Waals surface area contributed by atoms with Crippen molar-refractivity contribution in [2.45, 2.75) is 20.3 Å². The van der Waals surface area contributed by atoms with Crippen LogP contribution < -0.4 is 4.90 Å². The van der Waals surface area contributed by atoms with Crippen LogP contribution in [-0.4, -0.2) is 23.6 Å². The van der Waals surface area contributed by atoms with Crippen molar-refractivity contribution in [3.63, 3.8) is 0 Å². The highest BCUT2D eigenvalue weighted by Gasteiger charge is 2.14. The van der Waals surface area contributed by atoms with Gasteiger partial charge in [0.15, 0.2) is 0 Å². The Morgan fingerprint density at radius 2 is 2.11 bits per heavy atom. The van der Waals surface area contributed by atoms with Gasteiger partial charge in [-0.3, -0.25) is 4.98 Å². The quantitative estimate of drug-likeness (QED) is 0.848. The number of rotatable bonds is 4. The molecule has 0 saturated heterocycles. The minimum absolute atomic E-state index is 0.328. The topological polar surface area (TPSA) is 29.0 Å². The summed E-state index contributed by atoms with van der Waals surface area (Å²) in [6.45, 7) is 5.11. The molecule has 0 radical (unpaired) electrons. The molecule has 0 N–H and O–H groups in total. The first-order valence-corrected chi connectivity index (χ1v) is 6.79. The maximum Gasteiger partial charge on any atom is 0.142 e. The standard InChI is InChI=1S/C13H16FN3S/c1-4-11-13(17(3)5-2)18-12(16-11)9-6-10(14)8-15-7-9/h6-8H,4-5H2,1-3H3. The predicted molar refractivity (Wildman–Crippen MR) is 73.6 cm³/mol. The lowest BCUT2D eigenvalue weighted by Crippen LogP contribution is -2.15. The molecule has 96 valence electrons. The summed E-state index contributed by atoms with van der Waals surface area (Å²) < 4.78 is 13.2. The van der Waals surface area contributed by atoms with Crippen LogP contribution in [0.1, 0.15) is 19.5 Å². The Bertz CT molecular complexity index is 539. The Balaban J connectivity index is 2.44. The fourth-order valence-electron chi connectivity index (χ4n) is 1.67. The third-order valence-corrected chi connectivity index (χ3v) is 4.05. The van der Waals surface area contributed by atoms with E-state index in [9.17, 15) is 4.39 Å². The summed E-state index contributed by atoms with van der Waals surface area (Å²) in [5, 5.41) is 1.98. The lowest BCUT2D eigenvalue weighted by atomic mass is 10.3. The number of nitrogens with zero attached hydrogens (tertiary/aromatic N) is 3. The SMILES string of the molecule is CCc1nc(-c2cncc(F)c2)sc1N(C)CC. The lowest BCUT2D eigenvalue weighted by molar-refractivity contribution is 0.622. The molecule has 5 heteroatoms. The number of halogens is 1. The molecular formula is C13H16FN3S. The van der Waals surface area contributed by atoms with Crippen molar-refractivity contribution in [3.8, 4) is 10.6 Å². The van der Waals surface area contributed by atoms with Gasteiger partial charge in [-0.15, -0.1) is 0 Å². The van der Waals surface area contributed by atoms with Gasteiger partial charge in [0.1, 0.15) is 15.8 Å². The van der Waals surface area contributed by atoms with E-state index in [-0.39, 0.29) is 5.82 Å². The zero-order chi connectivity index (χ0) is 13.1. The van der Waals surface area contributed by atoms with Crippen LogP contribution in [0.4, 0.5) is 9.39 Å². The van der Waals surface area contributed by atoms with Gasteiger partial charge in [0.05, 0.1) is 11.9 Å². The van der Waals surface area contributed by atoms with Gasteiger partial charge in [-0.25, -0.2) is 9.37 Å². The Morgan fingerprint density at radius 1 is 1.33 bits per heavy atom. The third-order valence-electron chi connectivity index (χ3n) is 2.78. The maximum atomic E-state index is 13.2. The van der Waals surface area contributed by atoms with Gasteiger partial charge in [0, 0.05) is 25.4 Å². The number of aromatic nitrogens is 2. The van der Waals surface area contributed by atoms with Crippen molar-refractivity contribution in [2.24, 2.45) is 0 Å². The summed E-state index contributed by atoms with van der Waals surface area (Å²) in [7, 11) is 2.04. The highest BCUT2D eigenvalue weighted by molar-refractivity contribution is 7.19. The summed E-state index contributed by atoms with van der Waals surface area (Å²) in [5.41, 5.74) is 1.80. The first kappa shape index (κ1) is 13.0. The van der Waals surface area contributed by atoms with E-state index in [1.165, 1.54) is 12.3 Å². The average molecular weight is 265 g/mol. The molecule has 0 aliphatic rings. The minimum atomic E-state index is -0.328. The molecule has 0 aliphatic carbocycles. The monoisotopic (exact) mass is 265 g/mol. The van der Waals surface area contributed by atoms with Gasteiger partial charge in [-0.1, -0.05) is 18.3 Å². The summed E-state index contributed by atoms with van der Waals surface area (Å²) in [6, 6.07) is 1.47. The van der Waals surface area contributed by atoms with Crippen molar-refractivity contribution in [3.05, 3.63) is 30.0 Å². The van der Waals surface area contributed by atoms with Crippen molar-refractivity contribution in [1.82, 2.24) is 9.97 Å². The first-order valence-electron chi connectivity index (χ1n) is 5.97. The van der Waals surface area contributed by atoms with Crippen molar-refractivity contribution in [1.29, 1.82) is 0 Å². The average Bonchev–Trinajstić information content (AvgIpc) is 2.82. The van der Waals surface area contributed by atoms with Crippen molar-refractivity contribution in [2.75, 3.05) is 18.5 Å². The third kappa shape index (κ3) is 2.51. The van der Waals surface area contributed by atoms with Gasteiger partial charge < -0.3 is 4.90 Å². The Morgan fingerprint density at radius 3 is 2.72 bits per heavy atom. The van der Waals surface area contributed by atoms with Crippen LogP contribution in [0.5, 0.6) is 0 Å². The Hall–Kier alpha value is -1.49.